The second-order valence-electron chi connectivity index (χ2n) is 2.05. The Balaban J connectivity index is 0. The Labute approximate surface area is 82.9 Å². The maximum absolute atomic E-state index is 12.4. The Kier molecular flexibility index (Phi) is 7.09. The highest BCUT2D eigenvalue weighted by molar-refractivity contribution is 5.85. The molecule has 0 atom stereocenters. The summed E-state index contributed by atoms with van der Waals surface area (Å²) in [6.45, 7) is 0.353. The summed E-state index contributed by atoms with van der Waals surface area (Å²) in [6.07, 6.45) is 0. The number of rotatable bonds is 1. The maximum atomic E-state index is 12.4. The second kappa shape index (κ2) is 6.06. The van der Waals surface area contributed by atoms with E-state index in [4.69, 9.17) is 11.5 Å². The van der Waals surface area contributed by atoms with Crippen molar-refractivity contribution in [3.8, 4) is 0 Å². The maximum Gasteiger partial charge on any atom is 0.125 e. The normalized spacial score (nSPS) is 8.17. The van der Waals surface area contributed by atoms with E-state index in [2.05, 4.69) is 0 Å². The quantitative estimate of drug-likeness (QED) is 0.697. The predicted octanol–water partition coefficient (Wildman–Crippen LogP) is 1.71. The van der Waals surface area contributed by atoms with Gasteiger partial charge in [-0.2, -0.15) is 0 Å². The molecule has 0 fully saturated rings. The largest absolute Gasteiger partial charge is 0.398 e. The van der Waals surface area contributed by atoms with Gasteiger partial charge >= 0.3 is 0 Å². The Morgan fingerprint density at radius 2 is 1.83 bits per heavy atom. The van der Waals surface area contributed by atoms with E-state index < -0.39 is 0 Å². The average Bonchev–Trinajstić information content (AvgIpc) is 1.88. The zero-order chi connectivity index (χ0) is 7.56. The third-order valence-electron chi connectivity index (χ3n) is 1.33. The molecular weight excluding hydrogens is 202 g/mol. The summed E-state index contributed by atoms with van der Waals surface area (Å²) < 4.78 is 12.4. The fourth-order valence-corrected chi connectivity index (χ4v) is 0.752. The van der Waals surface area contributed by atoms with Crippen molar-refractivity contribution in [1.29, 1.82) is 0 Å². The van der Waals surface area contributed by atoms with Crippen molar-refractivity contribution in [1.82, 2.24) is 0 Å². The van der Waals surface area contributed by atoms with Crippen LogP contribution in [-0.2, 0) is 6.54 Å². The minimum atomic E-state index is -0.324. The molecule has 0 spiro atoms. The van der Waals surface area contributed by atoms with Crippen LogP contribution in [0.15, 0.2) is 18.2 Å². The summed E-state index contributed by atoms with van der Waals surface area (Å²) in [5.74, 6) is -0.324. The first kappa shape index (κ1) is 14.0. The van der Waals surface area contributed by atoms with Crippen molar-refractivity contribution in [3.63, 3.8) is 0 Å². The monoisotopic (exact) mass is 212 g/mol. The van der Waals surface area contributed by atoms with Crippen LogP contribution in [0.5, 0.6) is 0 Å². The summed E-state index contributed by atoms with van der Waals surface area (Å²) in [6, 6.07) is 4.20. The highest BCUT2D eigenvalue weighted by atomic mass is 35.5. The van der Waals surface area contributed by atoms with E-state index in [-0.39, 0.29) is 30.6 Å². The number of nitrogens with two attached hydrogens (primary N) is 2. The topological polar surface area (TPSA) is 52.0 Å². The van der Waals surface area contributed by atoms with E-state index in [0.29, 0.717) is 12.2 Å². The van der Waals surface area contributed by atoms with Gasteiger partial charge in [0, 0.05) is 12.2 Å². The zero-order valence-electron chi connectivity index (χ0n) is 6.29. The number of hydrogen-bond acceptors (Lipinski definition) is 2. The molecule has 0 heterocycles. The van der Waals surface area contributed by atoms with E-state index >= 15 is 0 Å². The molecule has 4 N–H and O–H groups in total. The molecule has 70 valence electrons. The van der Waals surface area contributed by atoms with Crippen LogP contribution in [0.2, 0.25) is 0 Å². The average molecular weight is 213 g/mol. The molecule has 5 heteroatoms. The summed E-state index contributed by atoms with van der Waals surface area (Å²) in [4.78, 5) is 0. The van der Waals surface area contributed by atoms with Gasteiger partial charge in [0.05, 0.1) is 0 Å². The number of benzene rings is 1. The molecule has 0 bridgehead atoms. The first-order chi connectivity index (χ1) is 4.74. The van der Waals surface area contributed by atoms with E-state index in [1.165, 1.54) is 12.1 Å². The summed E-state index contributed by atoms with van der Waals surface area (Å²) >= 11 is 0. The van der Waals surface area contributed by atoms with Crippen LogP contribution in [0, 0.1) is 5.82 Å². The molecule has 0 saturated carbocycles. The lowest BCUT2D eigenvalue weighted by atomic mass is 10.2. The van der Waals surface area contributed by atoms with Crippen LogP contribution in [0.3, 0.4) is 0 Å². The molecule has 0 aliphatic rings. The molecule has 1 aromatic rings. The lowest BCUT2D eigenvalue weighted by Gasteiger charge is -2.00. The first-order valence-electron chi connectivity index (χ1n) is 2.98. The number of hydrogen-bond donors (Lipinski definition) is 2. The zero-order valence-corrected chi connectivity index (χ0v) is 7.92. The third kappa shape index (κ3) is 3.26. The molecule has 2 nitrogen and oxygen atoms in total. The molecule has 1 rings (SSSR count). The third-order valence-corrected chi connectivity index (χ3v) is 1.33. The fourth-order valence-electron chi connectivity index (χ4n) is 0.752. The van der Waals surface area contributed by atoms with Crippen LogP contribution in [0.25, 0.3) is 0 Å². The van der Waals surface area contributed by atoms with E-state index in [1.54, 1.807) is 6.07 Å². The first-order valence-corrected chi connectivity index (χ1v) is 2.98. The van der Waals surface area contributed by atoms with Crippen LogP contribution < -0.4 is 11.5 Å². The Morgan fingerprint density at radius 1 is 1.25 bits per heavy atom. The van der Waals surface area contributed by atoms with E-state index in [0.717, 1.165) is 5.56 Å². The van der Waals surface area contributed by atoms with Crippen molar-refractivity contribution >= 4 is 30.5 Å². The van der Waals surface area contributed by atoms with Crippen molar-refractivity contribution < 1.29 is 4.39 Å². The van der Waals surface area contributed by atoms with Crippen LogP contribution in [-0.4, -0.2) is 0 Å². The van der Waals surface area contributed by atoms with Gasteiger partial charge in [0.2, 0.25) is 0 Å². The minimum absolute atomic E-state index is 0. The molecule has 12 heavy (non-hydrogen) atoms. The van der Waals surface area contributed by atoms with Gasteiger partial charge in [0.25, 0.3) is 0 Å². The number of nitrogen functional groups attached to an aromatic ring is 1. The molecule has 0 aliphatic heterocycles. The molecule has 0 aromatic heterocycles. The van der Waals surface area contributed by atoms with Crippen molar-refractivity contribution in [3.05, 3.63) is 29.6 Å². The van der Waals surface area contributed by atoms with Gasteiger partial charge in [-0.3, -0.25) is 0 Å². The molecule has 0 radical (unpaired) electrons. The van der Waals surface area contributed by atoms with Crippen molar-refractivity contribution in [2.24, 2.45) is 5.73 Å². The summed E-state index contributed by atoms with van der Waals surface area (Å²) in [5, 5.41) is 0. The van der Waals surface area contributed by atoms with E-state index in [9.17, 15) is 4.39 Å². The lowest BCUT2D eigenvalue weighted by Crippen LogP contribution is -2.01. The van der Waals surface area contributed by atoms with Gasteiger partial charge in [0.1, 0.15) is 5.82 Å². The molecule has 0 saturated heterocycles. The van der Waals surface area contributed by atoms with E-state index in [1.807, 2.05) is 0 Å². The van der Waals surface area contributed by atoms with Crippen LogP contribution >= 0.6 is 24.8 Å². The van der Waals surface area contributed by atoms with Crippen molar-refractivity contribution in [2.45, 2.75) is 6.54 Å². The Hall–Kier alpha value is -0.510. The van der Waals surface area contributed by atoms with Gasteiger partial charge in [-0.1, -0.05) is 6.07 Å². The fraction of sp³-hybridized carbons (Fsp3) is 0.143. The van der Waals surface area contributed by atoms with Gasteiger partial charge in [-0.25, -0.2) is 4.39 Å². The Morgan fingerprint density at radius 3 is 2.25 bits per heavy atom. The molecule has 0 amide bonds. The highest BCUT2D eigenvalue weighted by Gasteiger charge is 1.96. The second-order valence-corrected chi connectivity index (χ2v) is 2.05. The molecule has 0 unspecified atom stereocenters. The van der Waals surface area contributed by atoms with Gasteiger partial charge in [-0.05, 0) is 17.7 Å². The minimum Gasteiger partial charge on any atom is -0.398 e. The SMILES string of the molecule is Cl.Cl.NCc1ccc(F)cc1N. The summed E-state index contributed by atoms with van der Waals surface area (Å²) in [5.41, 5.74) is 11.9. The number of anilines is 1. The summed E-state index contributed by atoms with van der Waals surface area (Å²) in [7, 11) is 0. The predicted molar refractivity (Wildman–Crippen MR) is 53.2 cm³/mol. The van der Waals surface area contributed by atoms with Crippen LogP contribution in [0.4, 0.5) is 10.1 Å². The smallest absolute Gasteiger partial charge is 0.125 e. The molecular formula is C7H11Cl2FN2. The highest BCUT2D eigenvalue weighted by Crippen LogP contribution is 2.11. The lowest BCUT2D eigenvalue weighted by molar-refractivity contribution is 0.628. The number of halogens is 3. The van der Waals surface area contributed by atoms with Crippen LogP contribution in [0.1, 0.15) is 5.56 Å². The van der Waals surface area contributed by atoms with Crippen molar-refractivity contribution in [2.75, 3.05) is 5.73 Å². The molecule has 1 aromatic carbocycles. The van der Waals surface area contributed by atoms with Gasteiger partial charge in [-0.15, -0.1) is 24.8 Å². The standard InChI is InChI=1S/C7H9FN2.2ClH/c8-6-2-1-5(4-9)7(10)3-6;;/h1-3H,4,9-10H2;2*1H. The van der Waals surface area contributed by atoms with Gasteiger partial charge < -0.3 is 11.5 Å². The Bertz CT molecular complexity index is 243. The van der Waals surface area contributed by atoms with Gasteiger partial charge in [0.15, 0.2) is 0 Å². The molecule has 0 aliphatic carbocycles.